The number of para-hydroxylation sites is 1. The number of benzene rings is 2. The molecule has 0 fully saturated rings. The predicted octanol–water partition coefficient (Wildman–Crippen LogP) is 5.32. The average Bonchev–Trinajstić information content (AvgIpc) is 3.00. The van der Waals surface area contributed by atoms with E-state index in [0.717, 1.165) is 5.56 Å². The van der Waals surface area contributed by atoms with Gasteiger partial charge in [0.25, 0.3) is 10.0 Å². The molecule has 5 heteroatoms. The molecule has 1 aliphatic rings. The van der Waals surface area contributed by atoms with Crippen molar-refractivity contribution >= 4 is 15.7 Å². The summed E-state index contributed by atoms with van der Waals surface area (Å²) in [6.45, 7) is 12.5. The molecule has 0 bridgehead atoms. The molecule has 4 nitrogen and oxygen atoms in total. The Kier molecular flexibility index (Phi) is 5.63. The quantitative estimate of drug-likeness (QED) is 0.669. The molecule has 0 saturated heterocycles. The van der Waals surface area contributed by atoms with Crippen molar-refractivity contribution in [2.45, 2.75) is 38.6 Å². The van der Waals surface area contributed by atoms with Gasteiger partial charge >= 0.3 is 0 Å². The van der Waals surface area contributed by atoms with Gasteiger partial charge in [-0.2, -0.15) is 0 Å². The molecule has 0 unspecified atom stereocenters. The van der Waals surface area contributed by atoms with E-state index in [4.69, 9.17) is 4.74 Å². The molecular weight excluding hydrogens is 382 g/mol. The first-order valence-electron chi connectivity index (χ1n) is 9.68. The van der Waals surface area contributed by atoms with E-state index < -0.39 is 16.1 Å². The number of nitrogens with zero attached hydrogens (tertiary/aromatic N) is 1. The van der Waals surface area contributed by atoms with Crippen LogP contribution >= 0.6 is 0 Å². The standard InChI is InChI=1S/C24H29NO3S/c1-17-12-14-20(15-13-17)29(26,27)25(19-10-8-7-9-11-19)23-18(2)22(28-6)16-21(23)24(3,4)5/h7-16,21,23H,2H2,1,3-6H3/t21-,23-/m0/s1. The maximum absolute atomic E-state index is 13.9. The summed E-state index contributed by atoms with van der Waals surface area (Å²) in [5.74, 6) is 0.556. The predicted molar refractivity (Wildman–Crippen MR) is 118 cm³/mol. The molecule has 0 aromatic heterocycles. The van der Waals surface area contributed by atoms with Gasteiger partial charge in [-0.25, -0.2) is 8.42 Å². The van der Waals surface area contributed by atoms with Crippen LogP contribution in [0.4, 0.5) is 5.69 Å². The minimum atomic E-state index is -3.83. The second kappa shape index (κ2) is 7.71. The van der Waals surface area contributed by atoms with E-state index in [1.54, 1.807) is 19.2 Å². The smallest absolute Gasteiger partial charge is 0.264 e. The van der Waals surface area contributed by atoms with Crippen molar-refractivity contribution in [3.8, 4) is 0 Å². The molecule has 0 N–H and O–H groups in total. The SMILES string of the molecule is C=C1C(OC)=C[C@H](C(C)(C)C)[C@H]1N(c1ccccc1)S(=O)(=O)c1ccc(C)cc1. The number of hydrogen-bond acceptors (Lipinski definition) is 3. The first-order valence-corrected chi connectivity index (χ1v) is 11.1. The van der Waals surface area contributed by atoms with Crippen molar-refractivity contribution in [2.24, 2.45) is 11.3 Å². The fourth-order valence-electron chi connectivity index (χ4n) is 3.78. The summed E-state index contributed by atoms with van der Waals surface area (Å²) in [5.41, 5.74) is 2.10. The summed E-state index contributed by atoms with van der Waals surface area (Å²) >= 11 is 0. The monoisotopic (exact) mass is 411 g/mol. The number of aryl methyl sites for hydroxylation is 1. The Morgan fingerprint density at radius 2 is 1.59 bits per heavy atom. The third kappa shape index (κ3) is 3.97. The second-order valence-corrected chi connectivity index (χ2v) is 10.4. The van der Waals surface area contributed by atoms with Gasteiger partial charge in [0.05, 0.1) is 23.7 Å². The van der Waals surface area contributed by atoms with Crippen LogP contribution in [0.25, 0.3) is 0 Å². The van der Waals surface area contributed by atoms with E-state index in [1.165, 1.54) is 4.31 Å². The highest BCUT2D eigenvalue weighted by molar-refractivity contribution is 7.92. The van der Waals surface area contributed by atoms with Gasteiger partial charge in [0.2, 0.25) is 0 Å². The molecule has 3 rings (SSSR count). The molecule has 0 aliphatic heterocycles. The summed E-state index contributed by atoms with van der Waals surface area (Å²) in [7, 11) is -2.23. The zero-order chi connectivity index (χ0) is 21.4. The summed E-state index contributed by atoms with van der Waals surface area (Å²) in [6.07, 6.45) is 2.01. The van der Waals surface area contributed by atoms with Crippen molar-refractivity contribution in [3.05, 3.63) is 84.1 Å². The molecule has 2 aromatic rings. The largest absolute Gasteiger partial charge is 0.497 e. The summed E-state index contributed by atoms with van der Waals surface area (Å²) in [6, 6.07) is 15.7. The highest BCUT2D eigenvalue weighted by Crippen LogP contribution is 2.46. The zero-order valence-electron chi connectivity index (χ0n) is 17.7. The Balaban J connectivity index is 2.22. The average molecular weight is 412 g/mol. The molecule has 0 spiro atoms. The molecule has 2 aromatic carbocycles. The van der Waals surface area contributed by atoms with Crippen molar-refractivity contribution in [3.63, 3.8) is 0 Å². The van der Waals surface area contributed by atoms with E-state index in [2.05, 4.69) is 27.4 Å². The van der Waals surface area contributed by atoms with Gasteiger partial charge in [0.1, 0.15) is 5.76 Å². The van der Waals surface area contributed by atoms with Crippen LogP contribution in [0.2, 0.25) is 0 Å². The Morgan fingerprint density at radius 1 is 1.00 bits per heavy atom. The third-order valence-corrected chi connectivity index (χ3v) is 7.23. The van der Waals surface area contributed by atoms with Gasteiger partial charge in [0.15, 0.2) is 0 Å². The number of anilines is 1. The fourth-order valence-corrected chi connectivity index (χ4v) is 5.45. The lowest BCUT2D eigenvalue weighted by atomic mass is 9.77. The van der Waals surface area contributed by atoms with E-state index in [-0.39, 0.29) is 16.2 Å². The van der Waals surface area contributed by atoms with Gasteiger partial charge in [-0.1, -0.05) is 63.2 Å². The Labute approximate surface area is 174 Å². The summed E-state index contributed by atoms with van der Waals surface area (Å²) in [4.78, 5) is 0.262. The van der Waals surface area contributed by atoms with Crippen LogP contribution < -0.4 is 4.31 Å². The molecule has 0 radical (unpaired) electrons. The van der Waals surface area contributed by atoms with E-state index in [1.807, 2.05) is 55.5 Å². The van der Waals surface area contributed by atoms with E-state index >= 15 is 0 Å². The lowest BCUT2D eigenvalue weighted by molar-refractivity contribution is 0.278. The van der Waals surface area contributed by atoms with Gasteiger partial charge < -0.3 is 4.74 Å². The van der Waals surface area contributed by atoms with Crippen molar-refractivity contribution in [1.29, 1.82) is 0 Å². The molecule has 1 aliphatic carbocycles. The van der Waals surface area contributed by atoms with Crippen molar-refractivity contribution in [1.82, 2.24) is 0 Å². The minimum Gasteiger partial charge on any atom is -0.497 e. The minimum absolute atomic E-state index is 0.0922. The molecule has 29 heavy (non-hydrogen) atoms. The van der Waals surface area contributed by atoms with Gasteiger partial charge in [-0.3, -0.25) is 4.31 Å². The second-order valence-electron chi connectivity index (χ2n) is 8.55. The van der Waals surface area contributed by atoms with Crippen LogP contribution in [0.1, 0.15) is 26.3 Å². The maximum Gasteiger partial charge on any atom is 0.264 e. The number of ether oxygens (including phenoxy) is 1. The lowest BCUT2D eigenvalue weighted by Crippen LogP contribution is -2.47. The number of hydrogen-bond donors (Lipinski definition) is 0. The molecular formula is C24H29NO3S. The first kappa shape index (κ1) is 21.2. The van der Waals surface area contributed by atoms with Crippen LogP contribution in [0.15, 0.2) is 83.5 Å². The Hall–Kier alpha value is -2.53. The Morgan fingerprint density at radius 3 is 2.10 bits per heavy atom. The zero-order valence-corrected chi connectivity index (χ0v) is 18.5. The van der Waals surface area contributed by atoms with Gasteiger partial charge in [0, 0.05) is 11.5 Å². The van der Waals surface area contributed by atoms with Crippen LogP contribution in [0, 0.1) is 18.3 Å². The third-order valence-electron chi connectivity index (χ3n) is 5.41. The van der Waals surface area contributed by atoms with E-state index in [9.17, 15) is 8.42 Å². The molecule has 0 amide bonds. The highest BCUT2D eigenvalue weighted by atomic mass is 32.2. The van der Waals surface area contributed by atoms with Crippen LogP contribution in [-0.4, -0.2) is 21.6 Å². The number of methoxy groups -OCH3 is 1. The molecule has 0 saturated carbocycles. The summed E-state index contributed by atoms with van der Waals surface area (Å²) < 4.78 is 34.8. The number of sulfonamides is 1. The normalized spacial score (nSPS) is 19.8. The molecule has 0 heterocycles. The van der Waals surface area contributed by atoms with Crippen molar-refractivity contribution < 1.29 is 13.2 Å². The highest BCUT2D eigenvalue weighted by Gasteiger charge is 2.46. The first-order chi connectivity index (χ1) is 13.6. The van der Waals surface area contributed by atoms with Crippen LogP contribution in [-0.2, 0) is 14.8 Å². The van der Waals surface area contributed by atoms with Crippen molar-refractivity contribution in [2.75, 3.05) is 11.4 Å². The van der Waals surface area contributed by atoms with Gasteiger partial charge in [-0.15, -0.1) is 0 Å². The fraction of sp³-hybridized carbons (Fsp3) is 0.333. The molecule has 2 atom stereocenters. The lowest BCUT2D eigenvalue weighted by Gasteiger charge is -2.39. The van der Waals surface area contributed by atoms with Crippen LogP contribution in [0.3, 0.4) is 0 Å². The molecule has 154 valence electrons. The Bertz CT molecular complexity index is 1020. The summed E-state index contributed by atoms with van der Waals surface area (Å²) in [5, 5.41) is 0. The number of rotatable bonds is 5. The van der Waals surface area contributed by atoms with E-state index in [0.29, 0.717) is 17.0 Å². The van der Waals surface area contributed by atoms with Gasteiger partial charge in [-0.05, 0) is 42.7 Å². The topological polar surface area (TPSA) is 46.6 Å². The van der Waals surface area contributed by atoms with Crippen LogP contribution in [0.5, 0.6) is 0 Å². The maximum atomic E-state index is 13.9.